The maximum Gasteiger partial charge on any atom is 0.270 e. The summed E-state index contributed by atoms with van der Waals surface area (Å²) >= 11 is 0. The quantitative estimate of drug-likeness (QED) is 0.782. The summed E-state index contributed by atoms with van der Waals surface area (Å²) in [7, 11) is 0. The van der Waals surface area contributed by atoms with Crippen LogP contribution in [0, 0.1) is 6.92 Å². The van der Waals surface area contributed by atoms with Crippen LogP contribution in [0.1, 0.15) is 36.5 Å². The second-order valence-electron chi connectivity index (χ2n) is 5.88. The second kappa shape index (κ2) is 8.79. The number of anilines is 1. The predicted octanol–water partition coefficient (Wildman–Crippen LogP) is 1.06. The van der Waals surface area contributed by atoms with Crippen molar-refractivity contribution in [1.29, 1.82) is 0 Å². The number of hydrogen-bond acceptors (Lipinski definition) is 6. The number of hydrogen-bond donors (Lipinski definition) is 2. The molecule has 0 aliphatic carbocycles. The molecule has 23 heavy (non-hydrogen) atoms. The lowest BCUT2D eigenvalue weighted by atomic mass is 10.2. The minimum Gasteiger partial charge on any atom is -0.379 e. The summed E-state index contributed by atoms with van der Waals surface area (Å²) in [4.78, 5) is 23.2. The molecule has 7 nitrogen and oxygen atoms in total. The minimum atomic E-state index is -0.152. The van der Waals surface area contributed by atoms with Crippen LogP contribution in [0.5, 0.6) is 0 Å². The van der Waals surface area contributed by atoms with Crippen LogP contribution >= 0.6 is 0 Å². The summed E-state index contributed by atoms with van der Waals surface area (Å²) in [5, 5.41) is 6.14. The largest absolute Gasteiger partial charge is 0.379 e. The van der Waals surface area contributed by atoms with Gasteiger partial charge in [-0.3, -0.25) is 9.69 Å². The van der Waals surface area contributed by atoms with Gasteiger partial charge in [0, 0.05) is 37.9 Å². The van der Waals surface area contributed by atoms with Gasteiger partial charge >= 0.3 is 0 Å². The van der Waals surface area contributed by atoms with Gasteiger partial charge in [0.15, 0.2) is 0 Å². The lowest BCUT2D eigenvalue weighted by Crippen LogP contribution is -2.39. The number of carbonyl (C=O) groups excluding carboxylic acids is 1. The van der Waals surface area contributed by atoms with Gasteiger partial charge in [0.2, 0.25) is 5.95 Å². The molecule has 1 unspecified atom stereocenters. The topological polar surface area (TPSA) is 79.4 Å². The lowest BCUT2D eigenvalue weighted by Gasteiger charge is -2.26. The molecule has 2 heterocycles. The van der Waals surface area contributed by atoms with Gasteiger partial charge in [0.05, 0.1) is 13.2 Å². The summed E-state index contributed by atoms with van der Waals surface area (Å²) in [5.41, 5.74) is 1.19. The molecular formula is C16H27N5O2. The fourth-order valence-electron chi connectivity index (χ4n) is 2.31. The Balaban J connectivity index is 1.90. The SMILES string of the molecule is CCC(C)NC(=O)c1cc(C)nc(NCCN2CCOCC2)n1. The molecule has 2 N–H and O–H groups in total. The minimum absolute atomic E-state index is 0.135. The van der Waals surface area contributed by atoms with Crippen molar-refractivity contribution in [2.45, 2.75) is 33.2 Å². The molecule has 1 amide bonds. The maximum absolute atomic E-state index is 12.2. The molecule has 0 saturated carbocycles. The van der Waals surface area contributed by atoms with Crippen LogP contribution in [-0.2, 0) is 4.74 Å². The van der Waals surface area contributed by atoms with E-state index in [1.165, 1.54) is 0 Å². The van der Waals surface area contributed by atoms with E-state index in [1.807, 2.05) is 20.8 Å². The van der Waals surface area contributed by atoms with E-state index in [0.29, 0.717) is 11.6 Å². The Kier molecular flexibility index (Phi) is 6.73. The number of morpholine rings is 1. The summed E-state index contributed by atoms with van der Waals surface area (Å²) in [6.45, 7) is 11.0. The molecule has 0 bridgehead atoms. The molecule has 1 saturated heterocycles. The fraction of sp³-hybridized carbons (Fsp3) is 0.688. The highest BCUT2D eigenvalue weighted by Crippen LogP contribution is 2.06. The Bertz CT molecular complexity index is 517. The lowest BCUT2D eigenvalue weighted by molar-refractivity contribution is 0.0398. The van der Waals surface area contributed by atoms with Crippen LogP contribution in [0.15, 0.2) is 6.07 Å². The van der Waals surface area contributed by atoms with E-state index in [9.17, 15) is 4.79 Å². The van der Waals surface area contributed by atoms with Crippen LogP contribution in [0.25, 0.3) is 0 Å². The van der Waals surface area contributed by atoms with Gasteiger partial charge in [0.25, 0.3) is 5.91 Å². The molecule has 0 aromatic carbocycles. The van der Waals surface area contributed by atoms with E-state index in [0.717, 1.165) is 51.5 Å². The molecule has 1 aliphatic heterocycles. The fourth-order valence-corrected chi connectivity index (χ4v) is 2.31. The smallest absolute Gasteiger partial charge is 0.270 e. The molecule has 2 rings (SSSR count). The summed E-state index contributed by atoms with van der Waals surface area (Å²) < 4.78 is 5.33. The average molecular weight is 321 g/mol. The van der Waals surface area contributed by atoms with Crippen molar-refractivity contribution < 1.29 is 9.53 Å². The van der Waals surface area contributed by atoms with Crippen LogP contribution in [-0.4, -0.2) is 66.2 Å². The molecule has 1 fully saturated rings. The first kappa shape index (κ1) is 17.6. The Hall–Kier alpha value is -1.73. The zero-order valence-electron chi connectivity index (χ0n) is 14.3. The van der Waals surface area contributed by atoms with Crippen molar-refractivity contribution in [2.24, 2.45) is 0 Å². The zero-order valence-corrected chi connectivity index (χ0v) is 14.3. The third kappa shape index (κ3) is 5.76. The van der Waals surface area contributed by atoms with Crippen molar-refractivity contribution in [3.8, 4) is 0 Å². The normalized spacial score (nSPS) is 16.8. The molecule has 0 spiro atoms. The van der Waals surface area contributed by atoms with Gasteiger partial charge in [-0.05, 0) is 26.3 Å². The van der Waals surface area contributed by atoms with Gasteiger partial charge in [-0.15, -0.1) is 0 Å². The number of nitrogens with one attached hydrogen (secondary N) is 2. The highest BCUT2D eigenvalue weighted by atomic mass is 16.5. The average Bonchev–Trinajstić information content (AvgIpc) is 2.55. The van der Waals surface area contributed by atoms with E-state index >= 15 is 0 Å². The first-order chi connectivity index (χ1) is 11.1. The van der Waals surface area contributed by atoms with E-state index < -0.39 is 0 Å². The molecule has 128 valence electrons. The molecular weight excluding hydrogens is 294 g/mol. The van der Waals surface area contributed by atoms with E-state index in [4.69, 9.17) is 4.74 Å². The summed E-state index contributed by atoms with van der Waals surface area (Å²) in [6.07, 6.45) is 0.889. The monoisotopic (exact) mass is 321 g/mol. The van der Waals surface area contributed by atoms with Crippen molar-refractivity contribution in [3.05, 3.63) is 17.5 Å². The van der Waals surface area contributed by atoms with Gasteiger partial charge in [-0.2, -0.15) is 0 Å². The molecule has 0 radical (unpaired) electrons. The van der Waals surface area contributed by atoms with Crippen LogP contribution < -0.4 is 10.6 Å². The number of aromatic nitrogens is 2. The number of carbonyl (C=O) groups is 1. The standard InChI is InChI=1S/C16H27N5O2/c1-4-12(2)18-15(22)14-11-13(3)19-16(20-14)17-5-6-21-7-9-23-10-8-21/h11-12H,4-10H2,1-3H3,(H,18,22)(H,17,19,20). The highest BCUT2D eigenvalue weighted by Gasteiger charge is 2.13. The Morgan fingerprint density at radius 1 is 1.39 bits per heavy atom. The molecule has 1 aromatic heterocycles. The van der Waals surface area contributed by atoms with Gasteiger partial charge in [0.1, 0.15) is 5.69 Å². The Morgan fingerprint density at radius 3 is 2.83 bits per heavy atom. The third-order valence-electron chi connectivity index (χ3n) is 3.89. The molecule has 7 heteroatoms. The van der Waals surface area contributed by atoms with Gasteiger partial charge < -0.3 is 15.4 Å². The first-order valence-electron chi connectivity index (χ1n) is 8.29. The Morgan fingerprint density at radius 2 is 2.13 bits per heavy atom. The number of amides is 1. The van der Waals surface area contributed by atoms with Gasteiger partial charge in [-0.1, -0.05) is 6.92 Å². The van der Waals surface area contributed by atoms with Crippen LogP contribution in [0.4, 0.5) is 5.95 Å². The number of nitrogens with zero attached hydrogens (tertiary/aromatic N) is 3. The van der Waals surface area contributed by atoms with E-state index in [2.05, 4.69) is 25.5 Å². The van der Waals surface area contributed by atoms with Crippen molar-refractivity contribution in [2.75, 3.05) is 44.7 Å². The van der Waals surface area contributed by atoms with E-state index in [1.54, 1.807) is 6.07 Å². The highest BCUT2D eigenvalue weighted by molar-refractivity contribution is 5.92. The summed E-state index contributed by atoms with van der Waals surface area (Å²) in [6, 6.07) is 1.85. The number of ether oxygens (including phenoxy) is 1. The third-order valence-corrected chi connectivity index (χ3v) is 3.89. The number of rotatable bonds is 7. The van der Waals surface area contributed by atoms with E-state index in [-0.39, 0.29) is 11.9 Å². The summed E-state index contributed by atoms with van der Waals surface area (Å²) in [5.74, 6) is 0.355. The number of aryl methyl sites for hydroxylation is 1. The van der Waals surface area contributed by atoms with Crippen molar-refractivity contribution in [3.63, 3.8) is 0 Å². The molecule has 1 atom stereocenters. The van der Waals surface area contributed by atoms with Crippen molar-refractivity contribution in [1.82, 2.24) is 20.2 Å². The first-order valence-corrected chi connectivity index (χ1v) is 8.29. The van der Waals surface area contributed by atoms with Crippen LogP contribution in [0.3, 0.4) is 0 Å². The maximum atomic E-state index is 12.2. The second-order valence-corrected chi connectivity index (χ2v) is 5.88. The molecule has 1 aliphatic rings. The van der Waals surface area contributed by atoms with Crippen molar-refractivity contribution >= 4 is 11.9 Å². The van der Waals surface area contributed by atoms with Crippen LogP contribution in [0.2, 0.25) is 0 Å². The van der Waals surface area contributed by atoms with Gasteiger partial charge in [-0.25, -0.2) is 9.97 Å². The predicted molar refractivity (Wildman–Crippen MR) is 89.7 cm³/mol. The molecule has 1 aromatic rings. The Labute approximate surface area is 137 Å². The zero-order chi connectivity index (χ0) is 16.7.